The van der Waals surface area contributed by atoms with E-state index in [1.807, 2.05) is 0 Å². The second-order valence-corrected chi connectivity index (χ2v) is 4.38. The van der Waals surface area contributed by atoms with E-state index in [1.165, 1.54) is 0 Å². The predicted octanol–water partition coefficient (Wildman–Crippen LogP) is 2.63. The molecular weight excluding hydrogens is 331 g/mol. The van der Waals surface area contributed by atoms with E-state index in [0.29, 0.717) is 0 Å². The summed E-state index contributed by atoms with van der Waals surface area (Å²) in [6.07, 6.45) is -6.19. The summed E-state index contributed by atoms with van der Waals surface area (Å²) >= 11 is 3.13. The topological polar surface area (TPSA) is 76.7 Å². The smallest absolute Gasteiger partial charge is 0.449 e. The molecule has 0 aliphatic heterocycles. The molecule has 0 amide bonds. The number of fused-ring (bicyclic) bond motifs is 1. The Morgan fingerprint density at radius 3 is 2.65 bits per heavy atom. The number of aromatic nitrogens is 3. The molecule has 2 rings (SSSR count). The Kier molecular flexibility index (Phi) is 2.73. The van der Waals surface area contributed by atoms with Crippen LogP contribution in [0, 0.1) is 0 Å². The minimum atomic E-state index is -4.57. The van der Waals surface area contributed by atoms with Crippen molar-refractivity contribution in [2.75, 3.05) is 0 Å². The van der Waals surface area contributed by atoms with E-state index >= 15 is 0 Å². The van der Waals surface area contributed by atoms with Gasteiger partial charge in [0.1, 0.15) is 0 Å². The molecule has 92 valence electrons. The Bertz CT molecular complexity index is 592. The van der Waals surface area contributed by atoms with Gasteiger partial charge in [-0.3, -0.25) is 0 Å². The van der Waals surface area contributed by atoms with E-state index in [-0.39, 0.29) is 26.8 Å². The van der Waals surface area contributed by atoms with Crippen molar-refractivity contribution in [1.82, 2.24) is 14.6 Å². The Labute approximate surface area is 103 Å². The number of carboxylic acid groups (broad SMARTS) is 1. The summed E-state index contributed by atoms with van der Waals surface area (Å²) in [7, 11) is 0. The third-order valence-corrected chi connectivity index (χ3v) is 3.17. The lowest BCUT2D eigenvalue weighted by atomic mass is 10.7. The van der Waals surface area contributed by atoms with Gasteiger partial charge >= 0.3 is 12.3 Å². The Morgan fingerprint density at radius 2 is 2.18 bits per heavy atom. The van der Waals surface area contributed by atoms with Crippen LogP contribution in [0.2, 0.25) is 0 Å². The lowest BCUT2D eigenvalue weighted by Gasteiger charge is -1.98. The van der Waals surface area contributed by atoms with Crippen LogP contribution in [0.15, 0.2) is 4.60 Å². The van der Waals surface area contributed by atoms with Crippen LogP contribution >= 0.6 is 27.3 Å². The number of alkyl halides is 3. The third kappa shape index (κ3) is 2.20. The monoisotopic (exact) mass is 331 g/mol. The van der Waals surface area contributed by atoms with E-state index in [0.717, 1.165) is 4.52 Å². The van der Waals surface area contributed by atoms with Crippen LogP contribution in [0.5, 0.6) is 5.88 Å². The van der Waals surface area contributed by atoms with Crippen LogP contribution in [-0.2, 0) is 6.18 Å². The molecule has 0 saturated heterocycles. The molecule has 0 atom stereocenters. The fraction of sp³-hybridized carbons (Fsp3) is 0.167. The molecule has 0 unspecified atom stereocenters. The maximum absolute atomic E-state index is 12.3. The van der Waals surface area contributed by atoms with Crippen molar-refractivity contribution in [2.24, 2.45) is 0 Å². The SMILES string of the molecule is O=C(O)Oc1nc2sc(C(F)(F)F)nn2c1Br. The van der Waals surface area contributed by atoms with Crippen LogP contribution in [0.4, 0.5) is 18.0 Å². The maximum atomic E-state index is 12.3. The average molecular weight is 332 g/mol. The molecule has 0 fully saturated rings. The van der Waals surface area contributed by atoms with Gasteiger partial charge < -0.3 is 9.84 Å². The molecule has 0 aromatic carbocycles. The molecular formula is C6HBrF3N3O3S. The molecule has 0 radical (unpaired) electrons. The first kappa shape index (κ1) is 12.1. The van der Waals surface area contributed by atoms with Crippen LogP contribution in [0.1, 0.15) is 5.01 Å². The van der Waals surface area contributed by atoms with Gasteiger partial charge in [0.05, 0.1) is 0 Å². The van der Waals surface area contributed by atoms with Crippen molar-refractivity contribution in [3.05, 3.63) is 9.61 Å². The molecule has 0 spiro atoms. The number of nitrogens with zero attached hydrogens (tertiary/aromatic N) is 3. The first-order valence-corrected chi connectivity index (χ1v) is 5.43. The summed E-state index contributed by atoms with van der Waals surface area (Å²) in [5.74, 6) is -0.357. The summed E-state index contributed by atoms with van der Waals surface area (Å²) < 4.78 is 41.9. The van der Waals surface area contributed by atoms with Crippen LogP contribution in [0.25, 0.3) is 4.96 Å². The van der Waals surface area contributed by atoms with E-state index < -0.39 is 17.3 Å². The van der Waals surface area contributed by atoms with Crippen LogP contribution in [0.3, 0.4) is 0 Å². The number of ether oxygens (including phenoxy) is 1. The molecule has 0 saturated carbocycles. The number of rotatable bonds is 1. The summed E-state index contributed by atoms with van der Waals surface area (Å²) in [6, 6.07) is 0. The fourth-order valence-electron chi connectivity index (χ4n) is 0.968. The van der Waals surface area contributed by atoms with Crippen molar-refractivity contribution in [3.63, 3.8) is 0 Å². The van der Waals surface area contributed by atoms with Gasteiger partial charge in [0, 0.05) is 0 Å². The second kappa shape index (κ2) is 3.84. The Hall–Kier alpha value is -1.36. The fourth-order valence-corrected chi connectivity index (χ4v) is 2.26. The number of hydrogen-bond donors (Lipinski definition) is 1. The normalized spacial score (nSPS) is 12.0. The number of imidazole rings is 1. The highest BCUT2D eigenvalue weighted by Crippen LogP contribution is 2.35. The van der Waals surface area contributed by atoms with Crippen molar-refractivity contribution in [3.8, 4) is 5.88 Å². The van der Waals surface area contributed by atoms with Crippen LogP contribution < -0.4 is 4.74 Å². The zero-order valence-electron chi connectivity index (χ0n) is 7.53. The lowest BCUT2D eigenvalue weighted by molar-refractivity contribution is -0.138. The minimum Gasteiger partial charge on any atom is -0.449 e. The molecule has 17 heavy (non-hydrogen) atoms. The molecule has 0 aliphatic rings. The summed E-state index contributed by atoms with van der Waals surface area (Å²) in [4.78, 5) is 13.7. The number of hydrogen-bond acceptors (Lipinski definition) is 5. The van der Waals surface area contributed by atoms with Crippen molar-refractivity contribution >= 4 is 38.4 Å². The average Bonchev–Trinajstić information content (AvgIpc) is 2.67. The Morgan fingerprint density at radius 1 is 1.53 bits per heavy atom. The number of halogens is 4. The molecule has 2 aromatic heterocycles. The first-order chi connectivity index (χ1) is 7.79. The van der Waals surface area contributed by atoms with E-state index in [2.05, 4.69) is 30.7 Å². The zero-order valence-corrected chi connectivity index (χ0v) is 9.93. The van der Waals surface area contributed by atoms with Gasteiger partial charge in [-0.25, -0.2) is 4.79 Å². The standard InChI is InChI=1S/C6HBrF3N3O3S/c7-1-2(16-5(14)15)11-4-13(1)12-3(17-4)6(8,9)10/h(H,14,15). The molecule has 1 N–H and O–H groups in total. The largest absolute Gasteiger partial charge is 0.512 e. The van der Waals surface area contributed by atoms with Gasteiger partial charge in [0.2, 0.25) is 9.97 Å². The second-order valence-electron chi connectivity index (χ2n) is 2.68. The van der Waals surface area contributed by atoms with Gasteiger partial charge in [0.25, 0.3) is 5.88 Å². The maximum Gasteiger partial charge on any atom is 0.512 e. The van der Waals surface area contributed by atoms with Gasteiger partial charge in [0.15, 0.2) is 4.60 Å². The Balaban J connectivity index is 2.49. The quantitative estimate of drug-likeness (QED) is 0.813. The van der Waals surface area contributed by atoms with Crippen molar-refractivity contribution in [1.29, 1.82) is 0 Å². The molecule has 0 bridgehead atoms. The summed E-state index contributed by atoms with van der Waals surface area (Å²) in [6.45, 7) is 0. The van der Waals surface area contributed by atoms with Gasteiger partial charge in [-0.15, -0.1) is 5.10 Å². The van der Waals surface area contributed by atoms with Crippen LogP contribution in [-0.4, -0.2) is 25.9 Å². The molecule has 2 heterocycles. The summed E-state index contributed by atoms with van der Waals surface area (Å²) in [5.41, 5.74) is 0. The van der Waals surface area contributed by atoms with Crippen molar-refractivity contribution in [2.45, 2.75) is 6.18 Å². The number of carbonyl (C=O) groups is 1. The van der Waals surface area contributed by atoms with E-state index in [1.54, 1.807) is 0 Å². The molecule has 0 aliphatic carbocycles. The van der Waals surface area contributed by atoms with Crippen molar-refractivity contribution < 1.29 is 27.8 Å². The zero-order chi connectivity index (χ0) is 12.8. The molecule has 11 heteroatoms. The highest BCUT2D eigenvalue weighted by molar-refractivity contribution is 9.10. The van der Waals surface area contributed by atoms with E-state index in [4.69, 9.17) is 5.11 Å². The van der Waals surface area contributed by atoms with Gasteiger partial charge in [-0.1, -0.05) is 11.3 Å². The summed E-state index contributed by atoms with van der Waals surface area (Å²) in [5, 5.41) is 10.5. The van der Waals surface area contributed by atoms with Gasteiger partial charge in [-0.05, 0) is 15.9 Å². The molecule has 2 aromatic rings. The minimum absolute atomic E-state index is 0.0957. The van der Waals surface area contributed by atoms with Gasteiger partial charge in [-0.2, -0.15) is 22.7 Å². The highest BCUT2D eigenvalue weighted by Gasteiger charge is 2.36. The predicted molar refractivity (Wildman–Crippen MR) is 52.2 cm³/mol. The first-order valence-electron chi connectivity index (χ1n) is 3.82. The highest BCUT2D eigenvalue weighted by atomic mass is 79.9. The third-order valence-electron chi connectivity index (χ3n) is 1.55. The van der Waals surface area contributed by atoms with E-state index in [9.17, 15) is 18.0 Å². The lowest BCUT2D eigenvalue weighted by Crippen LogP contribution is -2.06. The molecule has 6 nitrogen and oxygen atoms in total.